The Morgan fingerprint density at radius 3 is 1.41 bits per heavy atom. The second-order valence-electron chi connectivity index (χ2n) is 12.9. The maximum absolute atomic E-state index is 13.2. The predicted molar refractivity (Wildman–Crippen MR) is 217 cm³/mol. The molecule has 0 N–H and O–H groups in total. The van der Waals surface area contributed by atoms with Crippen LogP contribution >= 0.6 is 0 Å². The van der Waals surface area contributed by atoms with Crippen LogP contribution in [0.15, 0.2) is 135 Å². The minimum atomic E-state index is -0.566. The number of nitrogens with zero attached hydrogens (tertiary/aromatic N) is 1. The van der Waals surface area contributed by atoms with Gasteiger partial charge < -0.3 is 28.4 Å². The van der Waals surface area contributed by atoms with E-state index in [0.29, 0.717) is 71.3 Å². The lowest BCUT2D eigenvalue weighted by Gasteiger charge is -2.11. The number of hydrogen-bond donors (Lipinski definition) is 0. The maximum Gasteiger partial charge on any atom is 0.343 e. The molecule has 294 valence electrons. The Hall–Kier alpha value is -7.89. The molecular formula is C48H37NO10. The Morgan fingerprint density at radius 2 is 0.983 bits per heavy atom. The monoisotopic (exact) mass is 787 g/mol. The first-order valence-electron chi connectivity index (χ1n) is 18.5. The molecule has 11 heteroatoms. The zero-order valence-electron chi connectivity index (χ0n) is 31.8. The molecule has 0 aliphatic heterocycles. The molecular weight excluding hydrogens is 751 g/mol. The smallest absolute Gasteiger partial charge is 0.343 e. The second-order valence-corrected chi connectivity index (χ2v) is 12.9. The average Bonchev–Trinajstić information content (AvgIpc) is 3.57. The van der Waals surface area contributed by atoms with E-state index in [4.69, 9.17) is 28.4 Å². The van der Waals surface area contributed by atoms with Gasteiger partial charge in [-0.2, -0.15) is 5.26 Å². The fourth-order valence-corrected chi connectivity index (χ4v) is 5.95. The van der Waals surface area contributed by atoms with Crippen molar-refractivity contribution < 1.29 is 47.6 Å². The first kappa shape index (κ1) is 40.8. The van der Waals surface area contributed by atoms with Gasteiger partial charge in [0.15, 0.2) is 0 Å². The van der Waals surface area contributed by atoms with E-state index in [-0.39, 0.29) is 13.2 Å². The van der Waals surface area contributed by atoms with Crippen molar-refractivity contribution in [3.05, 3.63) is 168 Å². The Bertz CT molecular complexity index is 2330. The third-order valence-electron chi connectivity index (χ3n) is 8.87. The summed E-state index contributed by atoms with van der Waals surface area (Å²) in [6.45, 7) is 7.75. The van der Waals surface area contributed by atoms with Crippen molar-refractivity contribution in [1.82, 2.24) is 0 Å². The number of ether oxygens (including phenoxy) is 6. The van der Waals surface area contributed by atoms with E-state index in [1.165, 1.54) is 0 Å². The molecule has 59 heavy (non-hydrogen) atoms. The second kappa shape index (κ2) is 19.8. The van der Waals surface area contributed by atoms with Crippen molar-refractivity contribution in [3.8, 4) is 52.0 Å². The molecule has 11 nitrogen and oxygen atoms in total. The highest BCUT2D eigenvalue weighted by atomic mass is 16.5. The van der Waals surface area contributed by atoms with Gasteiger partial charge >= 0.3 is 23.9 Å². The van der Waals surface area contributed by atoms with Gasteiger partial charge in [0.2, 0.25) is 0 Å². The predicted octanol–water partition coefficient (Wildman–Crippen LogP) is 8.16. The number of rotatable bonds is 16. The van der Waals surface area contributed by atoms with E-state index in [2.05, 4.69) is 31.1 Å². The molecule has 0 amide bonds. The number of carbonyl (C=O) groups excluding carboxylic acids is 4. The van der Waals surface area contributed by atoms with Crippen LogP contribution in [0, 0.1) is 23.2 Å². The van der Waals surface area contributed by atoms with Gasteiger partial charge in [-0.25, -0.2) is 19.2 Å². The topological polar surface area (TPSA) is 147 Å². The van der Waals surface area contributed by atoms with Gasteiger partial charge in [0.25, 0.3) is 0 Å². The number of fused-ring (bicyclic) bond motifs is 3. The van der Waals surface area contributed by atoms with Gasteiger partial charge in [0, 0.05) is 30.6 Å². The molecule has 5 aromatic carbocycles. The molecule has 5 aromatic rings. The Balaban J connectivity index is 1.15. The molecule has 1 aliphatic rings. The van der Waals surface area contributed by atoms with E-state index in [0.717, 1.165) is 34.4 Å². The number of esters is 4. The normalized spacial score (nSPS) is 11.0. The summed E-state index contributed by atoms with van der Waals surface area (Å²) in [6, 6.07) is 32.8. The molecule has 0 fully saturated rings. The van der Waals surface area contributed by atoms with Crippen molar-refractivity contribution in [2.24, 2.45) is 0 Å². The Morgan fingerprint density at radius 1 is 0.559 bits per heavy atom. The van der Waals surface area contributed by atoms with Crippen molar-refractivity contribution in [2.45, 2.75) is 18.8 Å². The fraction of sp³-hybridized carbons (Fsp3) is 0.146. The first-order chi connectivity index (χ1) is 28.7. The van der Waals surface area contributed by atoms with Crippen LogP contribution in [0.25, 0.3) is 11.1 Å². The zero-order chi connectivity index (χ0) is 41.6. The van der Waals surface area contributed by atoms with Crippen LogP contribution in [0.4, 0.5) is 0 Å². The molecule has 0 bridgehead atoms. The Labute approximate surface area is 341 Å². The van der Waals surface area contributed by atoms with Gasteiger partial charge in [-0.1, -0.05) is 37.1 Å². The number of carbonyl (C=O) groups is 4. The summed E-state index contributed by atoms with van der Waals surface area (Å²) in [5, 5.41) is 9.23. The van der Waals surface area contributed by atoms with Gasteiger partial charge in [0.05, 0.1) is 55.1 Å². The third-order valence-corrected chi connectivity index (χ3v) is 8.87. The molecule has 1 aliphatic carbocycles. The number of hydrogen-bond acceptors (Lipinski definition) is 11. The number of benzene rings is 5. The van der Waals surface area contributed by atoms with Crippen LogP contribution in [0.1, 0.15) is 61.7 Å². The summed E-state index contributed by atoms with van der Waals surface area (Å²) < 4.78 is 32.9. The molecule has 6 rings (SSSR count). The minimum Gasteiger partial charge on any atom is -0.493 e. The maximum atomic E-state index is 13.2. The lowest BCUT2D eigenvalue weighted by atomic mass is 9.96. The van der Waals surface area contributed by atoms with E-state index < -0.39 is 29.8 Å². The van der Waals surface area contributed by atoms with E-state index in [9.17, 15) is 24.4 Å². The summed E-state index contributed by atoms with van der Waals surface area (Å²) in [5.41, 5.74) is 5.21. The third kappa shape index (κ3) is 10.9. The highest BCUT2D eigenvalue weighted by molar-refractivity contribution is 5.92. The average molecular weight is 788 g/mol. The molecule has 0 spiro atoms. The van der Waals surface area contributed by atoms with Crippen molar-refractivity contribution in [1.29, 1.82) is 5.26 Å². The largest absolute Gasteiger partial charge is 0.493 e. The number of nitriles is 1. The standard InChI is InChI=1S/C48H37NO10/c1-3-45(50)56-27-5-25-54-36-16-12-34(13-17-36)47(52)58-38-20-23-40-41-24-21-39(30-44(41)42(43(40)29-38)22-11-32-7-9-33(31-49)10-8-32)59-48(53)35-14-18-37(19-15-35)55-26-6-28-57-46(51)4-2/h3-4,7-10,12-21,23-24,29-30,42H,1-2,5-6,25-28H2. The summed E-state index contributed by atoms with van der Waals surface area (Å²) in [7, 11) is 0. The first-order valence-corrected chi connectivity index (χ1v) is 18.5. The minimum absolute atomic E-state index is 0.200. The lowest BCUT2D eigenvalue weighted by molar-refractivity contribution is -0.138. The van der Waals surface area contributed by atoms with E-state index in [1.807, 2.05) is 12.1 Å². The van der Waals surface area contributed by atoms with Crippen LogP contribution in [-0.2, 0) is 19.1 Å². The van der Waals surface area contributed by atoms with Crippen molar-refractivity contribution in [2.75, 3.05) is 26.4 Å². The van der Waals surface area contributed by atoms with Crippen LogP contribution in [0.5, 0.6) is 23.0 Å². The molecule has 0 radical (unpaired) electrons. The van der Waals surface area contributed by atoms with Crippen LogP contribution in [-0.4, -0.2) is 50.3 Å². The zero-order valence-corrected chi connectivity index (χ0v) is 31.8. The highest BCUT2D eigenvalue weighted by Gasteiger charge is 2.29. The molecule has 0 saturated heterocycles. The SMILES string of the molecule is C=CC(=O)OCCCOc1ccc(C(=O)Oc2ccc3c(c2)C(C#Cc2ccc(C#N)cc2)c2cc(OC(=O)c4ccc(OCCCOC(=O)C=C)cc4)ccc2-3)cc1. The summed E-state index contributed by atoms with van der Waals surface area (Å²) >= 11 is 0. The molecule has 0 saturated carbocycles. The highest BCUT2D eigenvalue weighted by Crippen LogP contribution is 2.47. The van der Waals surface area contributed by atoms with Gasteiger partial charge in [-0.15, -0.1) is 0 Å². The van der Waals surface area contributed by atoms with Crippen molar-refractivity contribution >= 4 is 23.9 Å². The summed E-state index contributed by atoms with van der Waals surface area (Å²) in [5.74, 6) is 5.68. The van der Waals surface area contributed by atoms with Crippen LogP contribution in [0.3, 0.4) is 0 Å². The van der Waals surface area contributed by atoms with Gasteiger partial charge in [-0.3, -0.25) is 0 Å². The molecule has 0 heterocycles. The molecule has 0 aromatic heterocycles. The van der Waals surface area contributed by atoms with Crippen LogP contribution in [0.2, 0.25) is 0 Å². The lowest BCUT2D eigenvalue weighted by Crippen LogP contribution is -2.09. The molecule has 0 unspecified atom stereocenters. The van der Waals surface area contributed by atoms with E-state index >= 15 is 0 Å². The Kier molecular flexibility index (Phi) is 13.7. The van der Waals surface area contributed by atoms with Crippen LogP contribution < -0.4 is 18.9 Å². The fourth-order valence-electron chi connectivity index (χ4n) is 5.95. The summed E-state index contributed by atoms with van der Waals surface area (Å²) in [6.07, 6.45) is 3.18. The quantitative estimate of drug-likeness (QED) is 0.0314. The van der Waals surface area contributed by atoms with E-state index in [1.54, 1.807) is 97.1 Å². The van der Waals surface area contributed by atoms with Crippen molar-refractivity contribution in [3.63, 3.8) is 0 Å². The molecule has 0 atom stereocenters. The summed E-state index contributed by atoms with van der Waals surface area (Å²) in [4.78, 5) is 48.8. The van der Waals surface area contributed by atoms with Gasteiger partial charge in [-0.05, 0) is 119 Å². The van der Waals surface area contributed by atoms with Gasteiger partial charge in [0.1, 0.15) is 23.0 Å².